The average Bonchev–Trinajstić information content (AvgIpc) is 2.79. The lowest BCUT2D eigenvalue weighted by atomic mass is 9.98. The average molecular weight is 424 g/mol. The van der Waals surface area contributed by atoms with E-state index >= 15 is 0 Å². The van der Waals surface area contributed by atoms with Crippen LogP contribution in [0.25, 0.3) is 11.8 Å². The third-order valence-corrected chi connectivity index (χ3v) is 5.91. The lowest BCUT2D eigenvalue weighted by Gasteiger charge is -2.33. The van der Waals surface area contributed by atoms with Gasteiger partial charge in [-0.15, -0.1) is 13.2 Å². The smallest absolute Gasteiger partial charge is 0.0440 e. The second-order valence-corrected chi connectivity index (χ2v) is 8.22. The molecule has 3 nitrogen and oxygen atoms in total. The molecule has 1 aromatic carbocycles. The number of nitrogens with one attached hydrogen (secondary N) is 2. The van der Waals surface area contributed by atoms with E-state index in [4.69, 9.17) is 0 Å². The van der Waals surface area contributed by atoms with Crippen LogP contribution in [0.3, 0.4) is 0 Å². The van der Waals surface area contributed by atoms with Gasteiger partial charge in [0.2, 0.25) is 0 Å². The van der Waals surface area contributed by atoms with E-state index < -0.39 is 0 Å². The molecule has 0 radical (unpaired) electrons. The zero-order valence-electron chi connectivity index (χ0n) is 20.1. The molecule has 172 valence electrons. The molecule has 0 aliphatic heterocycles. The van der Waals surface area contributed by atoms with Gasteiger partial charge in [-0.3, -0.25) is 0 Å². The summed E-state index contributed by atoms with van der Waals surface area (Å²) in [5, 5.41) is 6.95. The normalized spacial score (nSPS) is 11.5. The van der Waals surface area contributed by atoms with Crippen molar-refractivity contribution >= 4 is 17.5 Å². The van der Waals surface area contributed by atoms with Gasteiger partial charge in [0.15, 0.2) is 0 Å². The van der Waals surface area contributed by atoms with Crippen molar-refractivity contribution in [3.05, 3.63) is 67.8 Å². The fourth-order valence-electron chi connectivity index (χ4n) is 3.93. The van der Waals surface area contributed by atoms with Gasteiger partial charge in [0.1, 0.15) is 0 Å². The molecule has 1 aromatic rings. The number of hydrogen-bond donors (Lipinski definition) is 2. The van der Waals surface area contributed by atoms with E-state index in [-0.39, 0.29) is 0 Å². The molecule has 0 aromatic heterocycles. The van der Waals surface area contributed by atoms with Crippen LogP contribution in [0, 0.1) is 0 Å². The summed E-state index contributed by atoms with van der Waals surface area (Å²) < 4.78 is 0. The van der Waals surface area contributed by atoms with Crippen LogP contribution in [-0.4, -0.2) is 38.1 Å². The van der Waals surface area contributed by atoms with Gasteiger partial charge in [-0.05, 0) is 63.7 Å². The first-order valence-electron chi connectivity index (χ1n) is 11.9. The Morgan fingerprint density at radius 2 is 1.68 bits per heavy atom. The van der Waals surface area contributed by atoms with Gasteiger partial charge < -0.3 is 15.5 Å². The predicted octanol–water partition coefficient (Wildman–Crippen LogP) is 7.11. The number of unbranched alkanes of at least 4 members (excludes halogenated alkanes) is 5. The van der Waals surface area contributed by atoms with Crippen molar-refractivity contribution < 1.29 is 0 Å². The van der Waals surface area contributed by atoms with E-state index in [1.54, 1.807) is 0 Å². The lowest BCUT2D eigenvalue weighted by molar-refractivity contribution is 0.311. The number of allylic oxidation sites excluding steroid dienone is 2. The van der Waals surface area contributed by atoms with Crippen LogP contribution in [0.15, 0.2) is 56.7 Å². The highest BCUT2D eigenvalue weighted by atomic mass is 15.1. The Morgan fingerprint density at radius 3 is 2.35 bits per heavy atom. The van der Waals surface area contributed by atoms with E-state index in [1.807, 2.05) is 25.3 Å². The van der Waals surface area contributed by atoms with Crippen LogP contribution in [0.2, 0.25) is 0 Å². The summed E-state index contributed by atoms with van der Waals surface area (Å²) in [6, 6.07) is 6.80. The SMILES string of the molecule is C=CCCCCCCCNc1cccc(C=C)c1C(=C)N(C)C(CCC=C)CCNC. The highest BCUT2D eigenvalue weighted by molar-refractivity contribution is 5.81. The van der Waals surface area contributed by atoms with Crippen LogP contribution in [0.5, 0.6) is 0 Å². The Morgan fingerprint density at radius 1 is 0.968 bits per heavy atom. The largest absolute Gasteiger partial charge is 0.384 e. The van der Waals surface area contributed by atoms with Gasteiger partial charge in [-0.25, -0.2) is 0 Å². The second kappa shape index (κ2) is 16.4. The summed E-state index contributed by atoms with van der Waals surface area (Å²) in [4.78, 5) is 2.34. The van der Waals surface area contributed by atoms with Gasteiger partial charge in [0, 0.05) is 36.6 Å². The third kappa shape index (κ3) is 9.61. The van der Waals surface area contributed by atoms with E-state index in [0.29, 0.717) is 6.04 Å². The summed E-state index contributed by atoms with van der Waals surface area (Å²) in [5.74, 6) is 0. The molecule has 0 bridgehead atoms. The monoisotopic (exact) mass is 423 g/mol. The molecule has 1 atom stereocenters. The summed E-state index contributed by atoms with van der Waals surface area (Å²) >= 11 is 0. The molecule has 0 fully saturated rings. The van der Waals surface area contributed by atoms with Crippen LogP contribution in [0.1, 0.15) is 68.9 Å². The second-order valence-electron chi connectivity index (χ2n) is 8.22. The van der Waals surface area contributed by atoms with E-state index in [2.05, 4.69) is 67.1 Å². The van der Waals surface area contributed by atoms with E-state index in [9.17, 15) is 0 Å². The predicted molar refractivity (Wildman–Crippen MR) is 141 cm³/mol. The van der Waals surface area contributed by atoms with Crippen molar-refractivity contribution in [1.82, 2.24) is 10.2 Å². The quantitative estimate of drug-likeness (QED) is 0.183. The van der Waals surface area contributed by atoms with Crippen LogP contribution in [-0.2, 0) is 0 Å². The number of nitrogens with zero attached hydrogens (tertiary/aromatic N) is 1. The van der Waals surface area contributed by atoms with Crippen LogP contribution in [0.4, 0.5) is 5.69 Å². The molecule has 1 unspecified atom stereocenters. The van der Waals surface area contributed by atoms with Gasteiger partial charge in [0.05, 0.1) is 0 Å². The van der Waals surface area contributed by atoms with Gasteiger partial charge in [-0.1, -0.05) is 62.8 Å². The molecule has 0 heterocycles. The number of hydrogen-bond acceptors (Lipinski definition) is 3. The molecule has 0 saturated heterocycles. The summed E-state index contributed by atoms with van der Waals surface area (Å²) in [6.45, 7) is 18.2. The number of anilines is 1. The van der Waals surface area contributed by atoms with Crippen molar-refractivity contribution in [3.63, 3.8) is 0 Å². The zero-order valence-corrected chi connectivity index (χ0v) is 20.1. The maximum atomic E-state index is 4.50. The topological polar surface area (TPSA) is 27.3 Å². The van der Waals surface area contributed by atoms with Crippen molar-refractivity contribution in [1.29, 1.82) is 0 Å². The minimum absolute atomic E-state index is 0.416. The number of benzene rings is 1. The zero-order chi connectivity index (χ0) is 22.9. The Balaban J connectivity index is 2.83. The Bertz CT molecular complexity index is 677. The molecule has 2 N–H and O–H groups in total. The summed E-state index contributed by atoms with van der Waals surface area (Å²) in [6.07, 6.45) is 16.5. The first kappa shape index (κ1) is 26.8. The molecule has 0 amide bonds. The third-order valence-electron chi connectivity index (χ3n) is 5.91. The highest BCUT2D eigenvalue weighted by Crippen LogP contribution is 2.31. The van der Waals surface area contributed by atoms with E-state index in [0.717, 1.165) is 55.7 Å². The highest BCUT2D eigenvalue weighted by Gasteiger charge is 2.19. The molecule has 3 heteroatoms. The van der Waals surface area contributed by atoms with Crippen molar-refractivity contribution in [2.75, 3.05) is 32.5 Å². The Labute approximate surface area is 192 Å². The molecule has 0 aliphatic carbocycles. The maximum absolute atomic E-state index is 4.50. The number of rotatable bonds is 19. The van der Waals surface area contributed by atoms with Gasteiger partial charge in [-0.2, -0.15) is 0 Å². The van der Waals surface area contributed by atoms with Gasteiger partial charge in [0.25, 0.3) is 0 Å². The fourth-order valence-corrected chi connectivity index (χ4v) is 3.93. The first-order chi connectivity index (χ1) is 15.1. The van der Waals surface area contributed by atoms with Gasteiger partial charge >= 0.3 is 0 Å². The summed E-state index contributed by atoms with van der Waals surface area (Å²) in [7, 11) is 4.17. The lowest BCUT2D eigenvalue weighted by Crippen LogP contribution is -2.33. The molecule has 0 spiro atoms. The van der Waals surface area contributed by atoms with Crippen LogP contribution < -0.4 is 10.6 Å². The van der Waals surface area contributed by atoms with Crippen molar-refractivity contribution in [2.45, 2.75) is 63.8 Å². The van der Waals surface area contributed by atoms with E-state index in [1.165, 1.54) is 37.7 Å². The molecular weight excluding hydrogens is 378 g/mol. The fraction of sp³-hybridized carbons (Fsp3) is 0.500. The summed E-state index contributed by atoms with van der Waals surface area (Å²) in [5.41, 5.74) is 4.49. The standard InChI is InChI=1S/C28H45N3/c1-7-10-12-13-14-15-16-22-30-27-20-17-18-25(9-3)28(27)24(4)31(6)26(19-11-8-2)21-23-29-5/h7-9,17-18,20,26,29-30H,1-4,10-16,19,21-23H2,5-6H3. The molecular formula is C28H45N3. The Kier molecular flexibility index (Phi) is 14.2. The maximum Gasteiger partial charge on any atom is 0.0440 e. The molecule has 31 heavy (non-hydrogen) atoms. The van der Waals surface area contributed by atoms with Crippen molar-refractivity contribution in [3.8, 4) is 0 Å². The first-order valence-corrected chi connectivity index (χ1v) is 11.9. The Hall–Kier alpha value is -2.26. The minimum Gasteiger partial charge on any atom is -0.384 e. The molecule has 1 rings (SSSR count). The van der Waals surface area contributed by atoms with Crippen molar-refractivity contribution in [2.24, 2.45) is 0 Å². The molecule has 0 saturated carbocycles. The molecule has 0 aliphatic rings. The van der Waals surface area contributed by atoms with Crippen LogP contribution >= 0.6 is 0 Å². The minimum atomic E-state index is 0.416.